The third kappa shape index (κ3) is 7.12. The summed E-state index contributed by atoms with van der Waals surface area (Å²) in [6, 6.07) is 14.1. The SMILES string of the molecule is CCNC(=NCc1cccc(-c2ncn[nH]2)c1)NCCc1ccc(OC)c(OC)c1.I. The molecule has 0 radical (unpaired) electrons. The second kappa shape index (κ2) is 12.8. The van der Waals surface area contributed by atoms with E-state index in [4.69, 9.17) is 14.5 Å². The van der Waals surface area contributed by atoms with Crippen LogP contribution in [0.3, 0.4) is 0 Å². The van der Waals surface area contributed by atoms with E-state index >= 15 is 0 Å². The van der Waals surface area contributed by atoms with Crippen molar-refractivity contribution in [1.82, 2.24) is 25.8 Å². The van der Waals surface area contributed by atoms with Gasteiger partial charge in [0.2, 0.25) is 0 Å². The third-order valence-corrected chi connectivity index (χ3v) is 4.53. The van der Waals surface area contributed by atoms with E-state index in [2.05, 4.69) is 44.9 Å². The Morgan fingerprint density at radius 2 is 1.87 bits per heavy atom. The fourth-order valence-corrected chi connectivity index (χ4v) is 3.04. The van der Waals surface area contributed by atoms with Gasteiger partial charge in [-0.15, -0.1) is 24.0 Å². The highest BCUT2D eigenvalue weighted by molar-refractivity contribution is 14.0. The van der Waals surface area contributed by atoms with Crippen LogP contribution in [0.15, 0.2) is 53.8 Å². The highest BCUT2D eigenvalue weighted by atomic mass is 127. The Kier molecular flexibility index (Phi) is 10.1. The number of aromatic amines is 1. The molecule has 8 nitrogen and oxygen atoms in total. The summed E-state index contributed by atoms with van der Waals surface area (Å²) >= 11 is 0. The van der Waals surface area contributed by atoms with Crippen molar-refractivity contribution >= 4 is 29.9 Å². The maximum Gasteiger partial charge on any atom is 0.191 e. The molecule has 9 heteroatoms. The van der Waals surface area contributed by atoms with Gasteiger partial charge < -0.3 is 20.1 Å². The average molecular weight is 536 g/mol. The van der Waals surface area contributed by atoms with Gasteiger partial charge in [0.1, 0.15) is 6.33 Å². The highest BCUT2D eigenvalue weighted by Crippen LogP contribution is 2.27. The van der Waals surface area contributed by atoms with E-state index in [1.807, 2.05) is 30.3 Å². The standard InChI is InChI=1S/C22H28N6O2.HI/c1-4-23-22(24-11-10-16-8-9-19(29-2)20(13-16)30-3)25-14-17-6-5-7-18(12-17)21-26-15-27-28-21;/h5-9,12-13,15H,4,10-11,14H2,1-3H3,(H2,23,24,25)(H,26,27,28);1H. The van der Waals surface area contributed by atoms with Gasteiger partial charge in [-0.2, -0.15) is 5.10 Å². The Labute approximate surface area is 199 Å². The minimum Gasteiger partial charge on any atom is -0.493 e. The number of nitrogens with zero attached hydrogens (tertiary/aromatic N) is 3. The van der Waals surface area contributed by atoms with Gasteiger partial charge in [-0.05, 0) is 42.7 Å². The molecular weight excluding hydrogens is 507 g/mol. The van der Waals surface area contributed by atoms with Gasteiger partial charge in [-0.3, -0.25) is 5.10 Å². The van der Waals surface area contributed by atoms with Crippen molar-refractivity contribution in [3.63, 3.8) is 0 Å². The summed E-state index contributed by atoms with van der Waals surface area (Å²) in [6.45, 7) is 4.16. The number of benzene rings is 2. The van der Waals surface area contributed by atoms with Crippen LogP contribution in [-0.2, 0) is 13.0 Å². The molecule has 2 aromatic carbocycles. The molecule has 0 bridgehead atoms. The summed E-state index contributed by atoms with van der Waals surface area (Å²) in [5, 5.41) is 13.5. The average Bonchev–Trinajstić information content (AvgIpc) is 3.32. The number of methoxy groups -OCH3 is 2. The van der Waals surface area contributed by atoms with Crippen LogP contribution >= 0.6 is 24.0 Å². The molecule has 3 N–H and O–H groups in total. The van der Waals surface area contributed by atoms with E-state index in [0.29, 0.717) is 6.54 Å². The highest BCUT2D eigenvalue weighted by Gasteiger charge is 2.06. The van der Waals surface area contributed by atoms with Gasteiger partial charge in [-0.1, -0.05) is 24.3 Å². The molecule has 166 valence electrons. The minimum atomic E-state index is 0. The second-order valence-electron chi connectivity index (χ2n) is 6.60. The van der Waals surface area contributed by atoms with Gasteiger partial charge in [0.05, 0.1) is 20.8 Å². The molecule has 0 spiro atoms. The van der Waals surface area contributed by atoms with Crippen LogP contribution in [0.25, 0.3) is 11.4 Å². The molecule has 1 heterocycles. The molecule has 0 atom stereocenters. The maximum absolute atomic E-state index is 5.37. The Morgan fingerprint density at radius 1 is 1.03 bits per heavy atom. The van der Waals surface area contributed by atoms with E-state index in [1.54, 1.807) is 14.2 Å². The molecule has 0 aliphatic heterocycles. The topological polar surface area (TPSA) is 96.5 Å². The van der Waals surface area contributed by atoms with E-state index in [1.165, 1.54) is 6.33 Å². The number of aromatic nitrogens is 3. The lowest BCUT2D eigenvalue weighted by Crippen LogP contribution is -2.38. The second-order valence-corrected chi connectivity index (χ2v) is 6.60. The fourth-order valence-electron chi connectivity index (χ4n) is 3.04. The number of rotatable bonds is 9. The number of hydrogen-bond acceptors (Lipinski definition) is 5. The maximum atomic E-state index is 5.37. The quantitative estimate of drug-likeness (QED) is 0.221. The Hall–Kier alpha value is -2.82. The molecule has 3 aromatic rings. The van der Waals surface area contributed by atoms with E-state index in [-0.39, 0.29) is 24.0 Å². The number of nitrogens with one attached hydrogen (secondary N) is 3. The summed E-state index contributed by atoms with van der Waals surface area (Å²) in [5.74, 6) is 3.00. The number of hydrogen-bond donors (Lipinski definition) is 3. The summed E-state index contributed by atoms with van der Waals surface area (Å²) in [7, 11) is 3.28. The fraction of sp³-hybridized carbons (Fsp3) is 0.318. The predicted molar refractivity (Wildman–Crippen MR) is 133 cm³/mol. The minimum absolute atomic E-state index is 0. The van der Waals surface area contributed by atoms with Gasteiger partial charge in [0, 0.05) is 18.7 Å². The lowest BCUT2D eigenvalue weighted by molar-refractivity contribution is 0.354. The predicted octanol–water partition coefficient (Wildman–Crippen LogP) is 3.40. The van der Waals surface area contributed by atoms with Crippen molar-refractivity contribution in [3.05, 3.63) is 59.9 Å². The van der Waals surface area contributed by atoms with Crippen molar-refractivity contribution in [2.24, 2.45) is 4.99 Å². The summed E-state index contributed by atoms with van der Waals surface area (Å²) < 4.78 is 10.7. The normalized spacial score (nSPS) is 10.9. The number of ether oxygens (including phenoxy) is 2. The van der Waals surface area contributed by atoms with Gasteiger partial charge in [0.15, 0.2) is 23.3 Å². The molecule has 1 aromatic heterocycles. The lowest BCUT2D eigenvalue weighted by atomic mass is 10.1. The van der Waals surface area contributed by atoms with Crippen molar-refractivity contribution in [3.8, 4) is 22.9 Å². The van der Waals surface area contributed by atoms with E-state index in [0.717, 1.165) is 59.5 Å². The number of aliphatic imine (C=N–C) groups is 1. The van der Waals surface area contributed by atoms with Gasteiger partial charge in [-0.25, -0.2) is 9.98 Å². The molecule has 3 rings (SSSR count). The van der Waals surface area contributed by atoms with Crippen LogP contribution < -0.4 is 20.1 Å². The molecule has 31 heavy (non-hydrogen) atoms. The molecule has 0 saturated heterocycles. The van der Waals surface area contributed by atoms with E-state index < -0.39 is 0 Å². The largest absolute Gasteiger partial charge is 0.493 e. The van der Waals surface area contributed by atoms with Crippen molar-refractivity contribution in [2.75, 3.05) is 27.3 Å². The smallest absolute Gasteiger partial charge is 0.191 e. The molecule has 0 amide bonds. The van der Waals surface area contributed by atoms with Crippen LogP contribution in [-0.4, -0.2) is 48.5 Å². The molecule has 0 unspecified atom stereocenters. The third-order valence-electron chi connectivity index (χ3n) is 4.53. The molecule has 0 aliphatic rings. The molecule has 0 fully saturated rings. The van der Waals surface area contributed by atoms with Crippen LogP contribution in [0.2, 0.25) is 0 Å². The van der Waals surface area contributed by atoms with Crippen LogP contribution in [0, 0.1) is 0 Å². The summed E-state index contributed by atoms with van der Waals surface area (Å²) in [4.78, 5) is 8.90. The van der Waals surface area contributed by atoms with Crippen molar-refractivity contribution in [1.29, 1.82) is 0 Å². The monoisotopic (exact) mass is 536 g/mol. The first kappa shape index (κ1) is 24.4. The number of H-pyrrole nitrogens is 1. The van der Waals surface area contributed by atoms with Crippen LogP contribution in [0.5, 0.6) is 11.5 Å². The zero-order valence-corrected chi connectivity index (χ0v) is 20.3. The molecular formula is C22H29IN6O2. The Balaban J connectivity index is 0.00000341. The van der Waals surface area contributed by atoms with Crippen LogP contribution in [0.1, 0.15) is 18.1 Å². The first-order valence-corrected chi connectivity index (χ1v) is 9.91. The van der Waals surface area contributed by atoms with Crippen molar-refractivity contribution < 1.29 is 9.47 Å². The first-order valence-electron chi connectivity index (χ1n) is 9.91. The van der Waals surface area contributed by atoms with Gasteiger partial charge in [0.25, 0.3) is 0 Å². The Morgan fingerprint density at radius 3 is 2.58 bits per heavy atom. The van der Waals surface area contributed by atoms with Crippen LogP contribution in [0.4, 0.5) is 0 Å². The summed E-state index contributed by atoms with van der Waals surface area (Å²) in [6.07, 6.45) is 2.34. The van der Waals surface area contributed by atoms with Gasteiger partial charge >= 0.3 is 0 Å². The Bertz CT molecular complexity index is 962. The zero-order valence-electron chi connectivity index (χ0n) is 18.0. The lowest BCUT2D eigenvalue weighted by Gasteiger charge is -2.13. The van der Waals surface area contributed by atoms with E-state index in [9.17, 15) is 0 Å². The number of guanidine groups is 1. The summed E-state index contributed by atoms with van der Waals surface area (Å²) in [5.41, 5.74) is 3.25. The van der Waals surface area contributed by atoms with Crippen molar-refractivity contribution in [2.45, 2.75) is 19.9 Å². The number of halogens is 1. The molecule has 0 aliphatic carbocycles. The molecule has 0 saturated carbocycles. The first-order chi connectivity index (χ1) is 14.7. The zero-order chi connectivity index (χ0) is 21.2.